The number of aryl methyl sites for hydroxylation is 1. The second-order valence-corrected chi connectivity index (χ2v) is 5.20. The fourth-order valence-electron chi connectivity index (χ4n) is 2.02. The third kappa shape index (κ3) is 7.20. The van der Waals surface area contributed by atoms with Gasteiger partial charge in [-0.15, -0.1) is 0 Å². The number of ether oxygens (including phenoxy) is 2. The molecule has 0 fully saturated rings. The van der Waals surface area contributed by atoms with Crippen LogP contribution in [-0.2, 0) is 27.2 Å². The van der Waals surface area contributed by atoms with Crippen LogP contribution in [0.5, 0.6) is 0 Å². The molecule has 0 aliphatic carbocycles. The first-order valence-electron chi connectivity index (χ1n) is 7.95. The predicted molar refractivity (Wildman–Crippen MR) is 96.9 cm³/mol. The van der Waals surface area contributed by atoms with Crippen LogP contribution < -0.4 is 5.73 Å². The van der Waals surface area contributed by atoms with E-state index in [1.807, 2.05) is 18.2 Å². The molecule has 2 aromatic rings. The summed E-state index contributed by atoms with van der Waals surface area (Å²) >= 11 is 0. The van der Waals surface area contributed by atoms with Crippen LogP contribution in [0.15, 0.2) is 42.6 Å². The summed E-state index contributed by atoms with van der Waals surface area (Å²) in [6.45, 7) is 0.183. The van der Waals surface area contributed by atoms with Crippen LogP contribution in [0, 0.1) is 10.1 Å². The van der Waals surface area contributed by atoms with Crippen molar-refractivity contribution in [1.82, 2.24) is 4.98 Å². The Labute approximate surface area is 156 Å². The lowest BCUT2D eigenvalue weighted by Gasteiger charge is -2.02. The molecule has 0 amide bonds. The molecule has 0 atom stereocenters. The Morgan fingerprint density at radius 3 is 2.44 bits per heavy atom. The fraction of sp³-hybridized carbons (Fsp3) is 0.278. The van der Waals surface area contributed by atoms with Gasteiger partial charge in [0.15, 0.2) is 0 Å². The molecule has 9 nitrogen and oxygen atoms in total. The lowest BCUT2D eigenvalue weighted by Crippen LogP contribution is -2.07. The number of nitro benzene ring substituents is 1. The van der Waals surface area contributed by atoms with Gasteiger partial charge in [0.2, 0.25) is 0 Å². The Morgan fingerprint density at radius 1 is 1.19 bits per heavy atom. The minimum Gasteiger partial charge on any atom is -0.469 e. The third-order valence-corrected chi connectivity index (χ3v) is 3.44. The maximum Gasteiger partial charge on any atom is 0.344 e. The SMILES string of the molecule is COC(=O)CCc1ccccn1.COC(=O)c1ccc(CN)cc1[N+](=O)[O-]. The number of nitro groups is 1. The quantitative estimate of drug-likeness (QED) is 0.460. The molecule has 144 valence electrons. The van der Waals surface area contributed by atoms with Crippen LogP contribution in [0.4, 0.5) is 5.69 Å². The predicted octanol–water partition coefficient (Wildman–Crippen LogP) is 2.03. The molecule has 1 aromatic heterocycles. The Morgan fingerprint density at radius 2 is 1.93 bits per heavy atom. The van der Waals surface area contributed by atoms with Gasteiger partial charge in [-0.1, -0.05) is 12.1 Å². The highest BCUT2D eigenvalue weighted by molar-refractivity contribution is 5.93. The highest BCUT2D eigenvalue weighted by Crippen LogP contribution is 2.20. The zero-order valence-corrected chi connectivity index (χ0v) is 15.1. The van der Waals surface area contributed by atoms with Gasteiger partial charge in [0.1, 0.15) is 5.56 Å². The zero-order valence-electron chi connectivity index (χ0n) is 15.1. The van der Waals surface area contributed by atoms with Crippen LogP contribution in [0.25, 0.3) is 0 Å². The summed E-state index contributed by atoms with van der Waals surface area (Å²) in [5.41, 5.74) is 6.49. The lowest BCUT2D eigenvalue weighted by molar-refractivity contribution is -0.385. The minimum absolute atomic E-state index is 0.0697. The molecular weight excluding hydrogens is 354 g/mol. The second kappa shape index (κ2) is 11.3. The highest BCUT2D eigenvalue weighted by Gasteiger charge is 2.20. The number of hydrogen-bond acceptors (Lipinski definition) is 8. The van der Waals surface area contributed by atoms with Crippen molar-refractivity contribution < 1.29 is 24.0 Å². The van der Waals surface area contributed by atoms with Gasteiger partial charge in [0.25, 0.3) is 5.69 Å². The Hall–Kier alpha value is -3.33. The molecule has 2 rings (SSSR count). The lowest BCUT2D eigenvalue weighted by atomic mass is 10.1. The number of carbonyl (C=O) groups excluding carboxylic acids is 2. The Bertz CT molecular complexity index is 780. The van der Waals surface area contributed by atoms with Crippen molar-refractivity contribution in [3.63, 3.8) is 0 Å². The number of benzene rings is 1. The van der Waals surface area contributed by atoms with Crippen molar-refractivity contribution in [3.8, 4) is 0 Å². The van der Waals surface area contributed by atoms with Gasteiger partial charge < -0.3 is 15.2 Å². The van der Waals surface area contributed by atoms with E-state index in [4.69, 9.17) is 5.73 Å². The number of hydrogen-bond donors (Lipinski definition) is 1. The first-order valence-corrected chi connectivity index (χ1v) is 7.95. The molecule has 0 spiro atoms. The van der Waals surface area contributed by atoms with E-state index in [2.05, 4.69) is 14.5 Å². The maximum atomic E-state index is 11.2. The summed E-state index contributed by atoms with van der Waals surface area (Å²) in [5.74, 6) is -0.925. The minimum atomic E-state index is -0.731. The van der Waals surface area contributed by atoms with Crippen LogP contribution >= 0.6 is 0 Å². The molecule has 0 unspecified atom stereocenters. The number of carbonyl (C=O) groups is 2. The van der Waals surface area contributed by atoms with Crippen LogP contribution in [-0.4, -0.2) is 36.1 Å². The molecule has 0 saturated heterocycles. The number of nitrogens with two attached hydrogens (primary N) is 1. The summed E-state index contributed by atoms with van der Waals surface area (Å²) < 4.78 is 8.93. The molecule has 0 saturated carbocycles. The van der Waals surface area contributed by atoms with Crippen molar-refractivity contribution >= 4 is 17.6 Å². The molecule has 2 N–H and O–H groups in total. The second-order valence-electron chi connectivity index (χ2n) is 5.20. The molecule has 0 aliphatic rings. The average Bonchev–Trinajstić information content (AvgIpc) is 2.72. The third-order valence-electron chi connectivity index (χ3n) is 3.44. The van der Waals surface area contributed by atoms with Gasteiger partial charge >= 0.3 is 11.9 Å². The molecule has 0 bridgehead atoms. The number of pyridine rings is 1. The number of methoxy groups -OCH3 is 2. The number of esters is 2. The van der Waals surface area contributed by atoms with Gasteiger partial charge in [0.05, 0.1) is 25.6 Å². The molecule has 27 heavy (non-hydrogen) atoms. The summed E-state index contributed by atoms with van der Waals surface area (Å²) in [4.78, 5) is 36.0. The Kier molecular flexibility index (Phi) is 9.10. The normalized spacial score (nSPS) is 9.59. The molecular formula is C18H21N3O6. The van der Waals surface area contributed by atoms with E-state index in [9.17, 15) is 19.7 Å². The molecule has 9 heteroatoms. The van der Waals surface area contributed by atoms with Gasteiger partial charge in [-0.2, -0.15) is 0 Å². The van der Waals surface area contributed by atoms with Gasteiger partial charge in [0, 0.05) is 30.9 Å². The highest BCUT2D eigenvalue weighted by atomic mass is 16.6. The number of aromatic nitrogens is 1. The first kappa shape index (κ1) is 21.7. The summed E-state index contributed by atoms with van der Waals surface area (Å²) in [6.07, 6.45) is 2.76. The standard InChI is InChI=1S/C9H10N2O4.C9H11NO2/c1-15-9(12)7-3-2-6(5-10)4-8(7)11(13)14;1-12-9(11)6-5-8-4-2-3-7-10-8/h2-4H,5,10H2,1H3;2-4,7H,5-6H2,1H3. The van der Waals surface area contributed by atoms with Gasteiger partial charge in [-0.25, -0.2) is 4.79 Å². The van der Waals surface area contributed by atoms with Gasteiger partial charge in [-0.3, -0.25) is 19.9 Å². The van der Waals surface area contributed by atoms with E-state index < -0.39 is 10.9 Å². The number of rotatable bonds is 6. The maximum absolute atomic E-state index is 11.2. The van der Waals surface area contributed by atoms with Crippen LogP contribution in [0.3, 0.4) is 0 Å². The van der Waals surface area contributed by atoms with E-state index in [1.54, 1.807) is 12.3 Å². The van der Waals surface area contributed by atoms with Crippen molar-refractivity contribution in [1.29, 1.82) is 0 Å². The van der Waals surface area contributed by atoms with E-state index in [0.717, 1.165) is 5.69 Å². The Balaban J connectivity index is 0.000000277. The fourth-order valence-corrected chi connectivity index (χ4v) is 2.02. The van der Waals surface area contributed by atoms with Crippen molar-refractivity contribution in [2.45, 2.75) is 19.4 Å². The zero-order chi connectivity index (χ0) is 20.2. The van der Waals surface area contributed by atoms with Crippen molar-refractivity contribution in [3.05, 3.63) is 69.5 Å². The summed E-state index contributed by atoms with van der Waals surface area (Å²) in [7, 11) is 2.56. The van der Waals surface area contributed by atoms with Crippen molar-refractivity contribution in [2.24, 2.45) is 5.73 Å². The summed E-state index contributed by atoms with van der Waals surface area (Å²) in [5, 5.41) is 10.7. The largest absolute Gasteiger partial charge is 0.469 e. The van der Waals surface area contributed by atoms with Crippen LogP contribution in [0.1, 0.15) is 28.0 Å². The van der Waals surface area contributed by atoms with Crippen molar-refractivity contribution in [2.75, 3.05) is 14.2 Å². The average molecular weight is 375 g/mol. The van der Waals surface area contributed by atoms with Gasteiger partial charge in [-0.05, 0) is 23.8 Å². The van der Waals surface area contributed by atoms with E-state index in [0.29, 0.717) is 18.4 Å². The first-order chi connectivity index (χ1) is 12.9. The molecule has 0 radical (unpaired) electrons. The number of nitrogens with zero attached hydrogens (tertiary/aromatic N) is 2. The summed E-state index contributed by atoms with van der Waals surface area (Å²) in [6, 6.07) is 9.81. The molecule has 1 heterocycles. The smallest absolute Gasteiger partial charge is 0.344 e. The monoisotopic (exact) mass is 375 g/mol. The van der Waals surface area contributed by atoms with E-state index in [1.165, 1.54) is 26.4 Å². The molecule has 0 aliphatic heterocycles. The van der Waals surface area contributed by atoms with Crippen LogP contribution in [0.2, 0.25) is 0 Å². The van der Waals surface area contributed by atoms with E-state index >= 15 is 0 Å². The van der Waals surface area contributed by atoms with E-state index in [-0.39, 0.29) is 23.8 Å². The topological polar surface area (TPSA) is 135 Å². The molecule has 1 aromatic carbocycles.